The Bertz CT molecular complexity index is 1970. The van der Waals surface area contributed by atoms with E-state index < -0.39 is 57.3 Å². The Labute approximate surface area is 255 Å². The van der Waals surface area contributed by atoms with Crippen LogP contribution >= 0.6 is 0 Å². The molecule has 0 spiro atoms. The summed E-state index contributed by atoms with van der Waals surface area (Å²) in [7, 11) is 0. The first kappa shape index (κ1) is 31.3. The van der Waals surface area contributed by atoms with Gasteiger partial charge in [-0.1, -0.05) is 60.7 Å². The number of phenols is 1. The largest absolute Gasteiger partial charge is 0.508 e. The summed E-state index contributed by atoms with van der Waals surface area (Å²) in [6.07, 6.45) is -5.49. The highest BCUT2D eigenvalue weighted by Gasteiger charge is 2.37. The van der Waals surface area contributed by atoms with Crippen LogP contribution in [0.15, 0.2) is 88.5 Å². The van der Waals surface area contributed by atoms with E-state index in [4.69, 9.17) is 4.74 Å². The van der Waals surface area contributed by atoms with Crippen molar-refractivity contribution in [1.82, 2.24) is 18.7 Å². The van der Waals surface area contributed by atoms with Crippen LogP contribution in [0.25, 0.3) is 22.6 Å². The van der Waals surface area contributed by atoms with Crippen molar-refractivity contribution >= 4 is 17.3 Å². The summed E-state index contributed by atoms with van der Waals surface area (Å²) in [4.78, 5) is 46.1. The van der Waals surface area contributed by atoms with Gasteiger partial charge >= 0.3 is 18.0 Å². The predicted molar refractivity (Wildman–Crippen MR) is 162 cm³/mol. The number of carbonyl (C=O) groups excluding carboxylic acids is 1. The third-order valence-corrected chi connectivity index (χ3v) is 7.08. The van der Waals surface area contributed by atoms with Crippen molar-refractivity contribution in [1.29, 1.82) is 0 Å². The topological polar surface area (TPSA) is 108 Å². The fourth-order valence-electron chi connectivity index (χ4n) is 5.04. The zero-order valence-corrected chi connectivity index (χ0v) is 24.8. The summed E-state index contributed by atoms with van der Waals surface area (Å²) in [5, 5.41) is 9.89. The molecule has 5 aromatic rings. The van der Waals surface area contributed by atoms with E-state index in [1.807, 2.05) is 60.7 Å². The molecule has 0 fully saturated rings. The first-order valence-corrected chi connectivity index (χ1v) is 14.2. The van der Waals surface area contributed by atoms with Crippen LogP contribution in [0.4, 0.5) is 18.0 Å². The van der Waals surface area contributed by atoms with E-state index >= 15 is 0 Å². The molecule has 234 valence electrons. The second-order valence-corrected chi connectivity index (χ2v) is 11.5. The van der Waals surface area contributed by atoms with Crippen LogP contribution in [0.5, 0.6) is 5.75 Å². The van der Waals surface area contributed by atoms with Crippen LogP contribution in [-0.4, -0.2) is 35.5 Å². The van der Waals surface area contributed by atoms with Gasteiger partial charge in [0.1, 0.15) is 11.4 Å². The molecule has 0 unspecified atom stereocenters. The molecule has 0 aliphatic rings. The van der Waals surface area contributed by atoms with Gasteiger partial charge in [-0.05, 0) is 62.9 Å². The first-order chi connectivity index (χ1) is 21.2. The number of rotatable bonds is 7. The zero-order chi connectivity index (χ0) is 32.5. The Balaban J connectivity index is 1.82. The molecule has 3 aromatic carbocycles. The van der Waals surface area contributed by atoms with Gasteiger partial charge in [0.2, 0.25) is 0 Å². The number of hydrogen-bond acceptors (Lipinski definition) is 6. The van der Waals surface area contributed by atoms with E-state index in [0.717, 1.165) is 27.8 Å². The number of carbonyl (C=O) groups is 1. The Morgan fingerprint density at radius 3 is 1.93 bits per heavy atom. The zero-order valence-electron chi connectivity index (χ0n) is 24.8. The number of benzene rings is 3. The highest BCUT2D eigenvalue weighted by molar-refractivity contribution is 5.91. The molecular formula is C33H31F3N4O5. The SMILES string of the molecule is CC(C)(C)OC(=O)n1c(-c2ccc(O)cc2C(F)(F)F)nc2c1c(=O)n(CCc1ccccc1)c(=O)n2CCc1ccccc1. The molecule has 45 heavy (non-hydrogen) atoms. The van der Waals surface area contributed by atoms with Gasteiger partial charge in [-0.3, -0.25) is 13.9 Å². The van der Waals surface area contributed by atoms with E-state index in [0.29, 0.717) is 23.5 Å². The van der Waals surface area contributed by atoms with Gasteiger partial charge in [0.15, 0.2) is 17.0 Å². The van der Waals surface area contributed by atoms with Gasteiger partial charge in [0, 0.05) is 18.7 Å². The highest BCUT2D eigenvalue weighted by atomic mass is 19.4. The third kappa shape index (κ3) is 6.69. The molecule has 0 bridgehead atoms. The Morgan fingerprint density at radius 2 is 1.40 bits per heavy atom. The molecule has 0 saturated carbocycles. The molecule has 0 aliphatic carbocycles. The molecule has 9 nitrogen and oxygen atoms in total. The lowest BCUT2D eigenvalue weighted by molar-refractivity contribution is -0.137. The number of fused-ring (bicyclic) bond motifs is 1. The summed E-state index contributed by atoms with van der Waals surface area (Å²) in [5.41, 5.74) is -3.55. The van der Waals surface area contributed by atoms with E-state index in [-0.39, 0.29) is 18.7 Å². The molecule has 0 radical (unpaired) electrons. The van der Waals surface area contributed by atoms with Gasteiger partial charge in [-0.15, -0.1) is 0 Å². The maximum Gasteiger partial charge on any atom is 0.421 e. The van der Waals surface area contributed by atoms with Crippen LogP contribution in [0.3, 0.4) is 0 Å². The Hall–Kier alpha value is -5.13. The fraction of sp³-hybridized carbons (Fsp3) is 0.273. The number of aromatic hydroxyl groups is 1. The van der Waals surface area contributed by atoms with Crippen molar-refractivity contribution in [3.63, 3.8) is 0 Å². The number of hydrogen-bond donors (Lipinski definition) is 1. The quantitative estimate of drug-likeness (QED) is 0.239. The minimum absolute atomic E-state index is 0.0114. The molecule has 12 heteroatoms. The van der Waals surface area contributed by atoms with Gasteiger partial charge in [-0.25, -0.2) is 19.1 Å². The van der Waals surface area contributed by atoms with Crippen molar-refractivity contribution in [2.75, 3.05) is 0 Å². The van der Waals surface area contributed by atoms with Crippen LogP contribution in [0, 0.1) is 0 Å². The molecular weight excluding hydrogens is 589 g/mol. The maximum atomic E-state index is 14.2. The van der Waals surface area contributed by atoms with E-state index in [1.54, 1.807) is 20.8 Å². The van der Waals surface area contributed by atoms with Gasteiger partial charge in [0.05, 0.1) is 5.56 Å². The van der Waals surface area contributed by atoms with Crippen LogP contribution in [-0.2, 0) is 36.8 Å². The van der Waals surface area contributed by atoms with Crippen LogP contribution in [0.1, 0.15) is 37.5 Å². The number of phenolic OH excluding ortho intramolecular Hbond substituents is 1. The number of aryl methyl sites for hydroxylation is 3. The standard InChI is InChI=1S/C33H31F3N4O5/c1-32(2,3)45-31(44)40-26-28(37-27(40)24-15-14-23(41)20-25(24)33(34,35)36)38(18-16-21-10-6-4-7-11-21)30(43)39(29(26)42)19-17-22-12-8-5-9-13-22/h4-15,20,41H,16-19H2,1-3H3. The number of ether oxygens (including phenoxy) is 1. The number of nitrogens with zero attached hydrogens (tertiary/aromatic N) is 4. The second kappa shape index (κ2) is 12.1. The van der Waals surface area contributed by atoms with Crippen LogP contribution in [0.2, 0.25) is 0 Å². The number of alkyl halides is 3. The lowest BCUT2D eigenvalue weighted by Crippen LogP contribution is -2.42. The highest BCUT2D eigenvalue weighted by Crippen LogP contribution is 2.39. The normalized spacial score (nSPS) is 12.0. The minimum Gasteiger partial charge on any atom is -0.508 e. The molecule has 2 aromatic heterocycles. The van der Waals surface area contributed by atoms with Crippen LogP contribution < -0.4 is 11.2 Å². The van der Waals surface area contributed by atoms with Crippen molar-refractivity contribution in [2.24, 2.45) is 0 Å². The Kier molecular flexibility index (Phi) is 8.42. The summed E-state index contributed by atoms with van der Waals surface area (Å²) < 4.78 is 51.1. The van der Waals surface area contributed by atoms with Crippen molar-refractivity contribution < 1.29 is 27.8 Å². The van der Waals surface area contributed by atoms with Crippen molar-refractivity contribution in [3.05, 3.63) is 116 Å². The minimum atomic E-state index is -4.96. The number of aromatic nitrogens is 4. The second-order valence-electron chi connectivity index (χ2n) is 11.5. The summed E-state index contributed by atoms with van der Waals surface area (Å²) in [6, 6.07) is 20.8. The lowest BCUT2D eigenvalue weighted by atomic mass is 10.1. The molecule has 0 aliphatic heterocycles. The average molecular weight is 621 g/mol. The summed E-state index contributed by atoms with van der Waals surface area (Å²) in [5.74, 6) is -1.22. The average Bonchev–Trinajstić information content (AvgIpc) is 3.37. The molecule has 0 amide bonds. The molecule has 2 heterocycles. The van der Waals surface area contributed by atoms with Gasteiger partial charge in [-0.2, -0.15) is 13.2 Å². The lowest BCUT2D eigenvalue weighted by Gasteiger charge is -2.21. The molecule has 0 atom stereocenters. The predicted octanol–water partition coefficient (Wildman–Crippen LogP) is 6.02. The summed E-state index contributed by atoms with van der Waals surface area (Å²) in [6.45, 7) is 4.65. The van der Waals surface area contributed by atoms with E-state index in [9.17, 15) is 32.7 Å². The fourth-order valence-corrected chi connectivity index (χ4v) is 5.04. The maximum absolute atomic E-state index is 14.2. The number of halogens is 3. The molecule has 5 rings (SSSR count). The van der Waals surface area contributed by atoms with E-state index in [2.05, 4.69) is 4.98 Å². The Morgan fingerprint density at radius 1 is 0.844 bits per heavy atom. The van der Waals surface area contributed by atoms with E-state index in [1.165, 1.54) is 4.57 Å². The van der Waals surface area contributed by atoms with Crippen molar-refractivity contribution in [3.8, 4) is 17.1 Å². The van der Waals surface area contributed by atoms with Gasteiger partial charge < -0.3 is 9.84 Å². The molecule has 1 N–H and O–H groups in total. The molecule has 0 saturated heterocycles. The third-order valence-electron chi connectivity index (χ3n) is 7.08. The van der Waals surface area contributed by atoms with Crippen molar-refractivity contribution in [2.45, 2.75) is 58.5 Å². The number of imidazole rings is 1. The smallest absolute Gasteiger partial charge is 0.421 e. The first-order valence-electron chi connectivity index (χ1n) is 14.2. The monoisotopic (exact) mass is 620 g/mol. The van der Waals surface area contributed by atoms with Gasteiger partial charge in [0.25, 0.3) is 5.56 Å². The summed E-state index contributed by atoms with van der Waals surface area (Å²) >= 11 is 0.